The summed E-state index contributed by atoms with van der Waals surface area (Å²) in [5, 5.41) is 15.9. The summed E-state index contributed by atoms with van der Waals surface area (Å²) in [4.78, 5) is 32.3. The van der Waals surface area contributed by atoms with Gasteiger partial charge in [-0.05, 0) is 30.7 Å². The maximum atomic E-state index is 12.4. The normalized spacial score (nSPS) is 14.7. The number of piperazine rings is 1. The van der Waals surface area contributed by atoms with E-state index in [9.17, 15) is 14.9 Å². The first-order valence-electron chi connectivity index (χ1n) is 10.1. The summed E-state index contributed by atoms with van der Waals surface area (Å²) >= 11 is 13.8. The van der Waals surface area contributed by atoms with Gasteiger partial charge < -0.3 is 10.2 Å². The average molecular weight is 494 g/mol. The second-order valence-electron chi connectivity index (χ2n) is 7.54. The first-order valence-corrected chi connectivity index (χ1v) is 11.7. The molecule has 0 aliphatic carbocycles. The van der Waals surface area contributed by atoms with Crippen LogP contribution >= 0.6 is 34.5 Å². The molecule has 1 N–H and O–H groups in total. The van der Waals surface area contributed by atoms with Crippen LogP contribution in [0.15, 0.2) is 30.3 Å². The fourth-order valence-electron chi connectivity index (χ4n) is 3.66. The molecule has 0 unspecified atom stereocenters. The fourth-order valence-corrected chi connectivity index (χ4v) is 5.20. The zero-order valence-electron chi connectivity index (χ0n) is 17.3. The van der Waals surface area contributed by atoms with Crippen LogP contribution in [0, 0.1) is 17.0 Å². The summed E-state index contributed by atoms with van der Waals surface area (Å²) in [5.74, 6) is -0.500. The molecule has 1 aliphatic heterocycles. The quantitative estimate of drug-likeness (QED) is 0.404. The summed E-state index contributed by atoms with van der Waals surface area (Å²) in [5.41, 5.74) is 1.78. The first-order chi connectivity index (χ1) is 15.3. The molecular weight excluding hydrogens is 473 g/mol. The van der Waals surface area contributed by atoms with Crippen LogP contribution in [-0.4, -0.2) is 60.0 Å². The molecule has 1 amide bonds. The number of amides is 1. The number of hydrogen-bond acceptors (Lipinski definition) is 7. The molecule has 32 heavy (non-hydrogen) atoms. The van der Waals surface area contributed by atoms with Gasteiger partial charge in [-0.2, -0.15) is 0 Å². The number of aryl methyl sites for hydroxylation is 1. The number of carbonyl (C=O) groups excluding carboxylic acids is 1. The maximum absolute atomic E-state index is 12.4. The molecule has 0 atom stereocenters. The zero-order chi connectivity index (χ0) is 22.8. The van der Waals surface area contributed by atoms with Crippen molar-refractivity contribution in [2.75, 3.05) is 44.2 Å². The lowest BCUT2D eigenvalue weighted by Crippen LogP contribution is -2.48. The van der Waals surface area contributed by atoms with Crippen LogP contribution in [0.25, 0.3) is 10.2 Å². The van der Waals surface area contributed by atoms with Crippen LogP contribution < -0.4 is 10.2 Å². The van der Waals surface area contributed by atoms with Gasteiger partial charge in [0.05, 0.1) is 20.2 Å². The Bertz CT molecular complexity index is 1140. The topological polar surface area (TPSA) is 91.6 Å². The van der Waals surface area contributed by atoms with Gasteiger partial charge in [0.15, 0.2) is 5.13 Å². The predicted molar refractivity (Wildman–Crippen MR) is 128 cm³/mol. The number of hydrogen-bond donors (Lipinski definition) is 1. The van der Waals surface area contributed by atoms with E-state index in [0.717, 1.165) is 52.1 Å². The number of fused-ring (bicyclic) bond motifs is 1. The van der Waals surface area contributed by atoms with E-state index in [1.54, 1.807) is 11.3 Å². The molecule has 168 valence electrons. The van der Waals surface area contributed by atoms with Crippen molar-refractivity contribution >= 4 is 61.5 Å². The number of carbonyl (C=O) groups is 1. The van der Waals surface area contributed by atoms with Crippen molar-refractivity contribution < 1.29 is 9.72 Å². The monoisotopic (exact) mass is 493 g/mol. The minimum Gasteiger partial charge on any atom is -0.351 e. The predicted octanol–water partition coefficient (Wildman–Crippen LogP) is 4.37. The number of rotatable bonds is 6. The number of thiazole rings is 1. The number of aromatic nitrogens is 1. The van der Waals surface area contributed by atoms with Crippen molar-refractivity contribution in [3.8, 4) is 0 Å². The van der Waals surface area contributed by atoms with Crippen molar-refractivity contribution in [3.63, 3.8) is 0 Å². The highest BCUT2D eigenvalue weighted by Gasteiger charge is 2.23. The molecule has 2 aromatic carbocycles. The molecule has 4 rings (SSSR count). The van der Waals surface area contributed by atoms with Crippen LogP contribution in [-0.2, 0) is 0 Å². The van der Waals surface area contributed by atoms with Gasteiger partial charge in [0.25, 0.3) is 11.6 Å². The number of anilines is 1. The molecule has 1 aliphatic rings. The minimum absolute atomic E-state index is 0.0305. The Morgan fingerprint density at radius 3 is 2.66 bits per heavy atom. The van der Waals surface area contributed by atoms with Crippen molar-refractivity contribution in [1.82, 2.24) is 15.2 Å². The molecule has 1 aromatic heterocycles. The van der Waals surface area contributed by atoms with E-state index in [1.807, 2.05) is 19.1 Å². The minimum atomic E-state index is -0.582. The van der Waals surface area contributed by atoms with Gasteiger partial charge in [0.1, 0.15) is 5.56 Å². The largest absolute Gasteiger partial charge is 0.351 e. The highest BCUT2D eigenvalue weighted by Crippen LogP contribution is 2.35. The lowest BCUT2D eigenvalue weighted by atomic mass is 10.1. The Labute approximate surface area is 198 Å². The van der Waals surface area contributed by atoms with Gasteiger partial charge in [-0.1, -0.05) is 40.6 Å². The van der Waals surface area contributed by atoms with Crippen LogP contribution in [0.4, 0.5) is 10.8 Å². The summed E-state index contributed by atoms with van der Waals surface area (Å²) in [6, 6.07) is 7.85. The molecule has 8 nitrogen and oxygen atoms in total. The maximum Gasteiger partial charge on any atom is 0.282 e. The van der Waals surface area contributed by atoms with Crippen LogP contribution in [0.1, 0.15) is 15.9 Å². The number of nitrogens with one attached hydrogen (secondary N) is 1. The van der Waals surface area contributed by atoms with E-state index >= 15 is 0 Å². The van der Waals surface area contributed by atoms with Crippen molar-refractivity contribution in [1.29, 1.82) is 0 Å². The molecule has 0 saturated carbocycles. The highest BCUT2D eigenvalue weighted by atomic mass is 35.5. The van der Waals surface area contributed by atoms with Crippen molar-refractivity contribution in [3.05, 3.63) is 61.6 Å². The van der Waals surface area contributed by atoms with Gasteiger partial charge in [-0.3, -0.25) is 19.8 Å². The molecule has 1 saturated heterocycles. The molecular formula is C21H21Cl2N5O3S. The molecule has 1 fully saturated rings. The van der Waals surface area contributed by atoms with E-state index in [2.05, 4.69) is 15.1 Å². The third kappa shape index (κ3) is 4.80. The van der Waals surface area contributed by atoms with Gasteiger partial charge >= 0.3 is 0 Å². The van der Waals surface area contributed by atoms with Gasteiger partial charge in [-0.25, -0.2) is 4.98 Å². The van der Waals surface area contributed by atoms with E-state index in [4.69, 9.17) is 28.2 Å². The Kier molecular flexibility index (Phi) is 6.80. The Balaban J connectivity index is 1.30. The van der Waals surface area contributed by atoms with Gasteiger partial charge in [-0.15, -0.1) is 0 Å². The summed E-state index contributed by atoms with van der Waals surface area (Å²) in [6.45, 7) is 6.38. The number of nitrogens with zero attached hydrogens (tertiary/aromatic N) is 4. The van der Waals surface area contributed by atoms with Crippen molar-refractivity contribution in [2.45, 2.75) is 6.92 Å². The van der Waals surface area contributed by atoms with Crippen molar-refractivity contribution in [2.24, 2.45) is 0 Å². The van der Waals surface area contributed by atoms with Crippen LogP contribution in [0.3, 0.4) is 0 Å². The number of benzene rings is 2. The molecule has 11 heteroatoms. The number of halogens is 2. The van der Waals surface area contributed by atoms with Gasteiger partial charge in [0.2, 0.25) is 0 Å². The fraction of sp³-hybridized carbons (Fsp3) is 0.333. The Morgan fingerprint density at radius 2 is 1.97 bits per heavy atom. The van der Waals surface area contributed by atoms with E-state index < -0.39 is 10.8 Å². The molecule has 0 spiro atoms. The standard InChI is InChI=1S/C21H21Cl2N5O3S/c1-13-2-4-16(23)19-18(13)25-21(32-19)27-10-8-26(9-11-27)7-6-24-20(29)15-12-14(22)3-5-17(15)28(30)31/h2-5,12H,6-11H2,1H3,(H,24,29). The third-order valence-corrected chi connectivity index (χ3v) is 7.25. The highest BCUT2D eigenvalue weighted by molar-refractivity contribution is 7.22. The van der Waals surface area contributed by atoms with E-state index in [1.165, 1.54) is 18.2 Å². The Morgan fingerprint density at radius 1 is 1.22 bits per heavy atom. The van der Waals surface area contributed by atoms with Gasteiger partial charge in [0, 0.05) is 50.4 Å². The second-order valence-corrected chi connectivity index (χ2v) is 9.36. The van der Waals surface area contributed by atoms with Crippen LogP contribution in [0.2, 0.25) is 10.0 Å². The van der Waals surface area contributed by atoms with E-state index in [0.29, 0.717) is 13.1 Å². The smallest absolute Gasteiger partial charge is 0.282 e. The lowest BCUT2D eigenvalue weighted by Gasteiger charge is -2.34. The third-order valence-electron chi connectivity index (χ3n) is 5.44. The first kappa shape index (κ1) is 22.7. The number of nitro groups is 1. The summed E-state index contributed by atoms with van der Waals surface area (Å²) in [7, 11) is 0. The second kappa shape index (κ2) is 9.58. The summed E-state index contributed by atoms with van der Waals surface area (Å²) in [6.07, 6.45) is 0. The molecule has 3 aromatic rings. The van der Waals surface area contributed by atoms with E-state index in [-0.39, 0.29) is 16.3 Å². The average Bonchev–Trinajstić information content (AvgIpc) is 3.23. The van der Waals surface area contributed by atoms with Crippen LogP contribution in [0.5, 0.6) is 0 Å². The molecule has 0 bridgehead atoms. The summed E-state index contributed by atoms with van der Waals surface area (Å²) < 4.78 is 1.02. The molecule has 0 radical (unpaired) electrons. The molecule has 2 heterocycles. The SMILES string of the molecule is Cc1ccc(Cl)c2sc(N3CCN(CCNC(=O)c4cc(Cl)ccc4[N+](=O)[O-])CC3)nc12. The zero-order valence-corrected chi connectivity index (χ0v) is 19.6. The Hall–Kier alpha value is -2.46. The lowest BCUT2D eigenvalue weighted by molar-refractivity contribution is -0.385. The number of nitro benzene ring substituents is 1.